The van der Waals surface area contributed by atoms with Gasteiger partial charge in [-0.15, -0.1) is 12.4 Å². The highest BCUT2D eigenvalue weighted by molar-refractivity contribution is 7.89. The highest BCUT2D eigenvalue weighted by Gasteiger charge is 2.19. The Morgan fingerprint density at radius 3 is 2.29 bits per heavy atom. The van der Waals surface area contributed by atoms with E-state index >= 15 is 0 Å². The van der Waals surface area contributed by atoms with E-state index in [0.29, 0.717) is 24.7 Å². The molecule has 3 N–H and O–H groups in total. The number of ether oxygens (including phenoxy) is 2. The lowest BCUT2D eigenvalue weighted by Crippen LogP contribution is -2.37. The van der Waals surface area contributed by atoms with Crippen LogP contribution in [0, 0.1) is 0 Å². The van der Waals surface area contributed by atoms with Gasteiger partial charge in [0.05, 0.1) is 18.1 Å². The van der Waals surface area contributed by atoms with Crippen LogP contribution in [0.5, 0.6) is 11.5 Å². The van der Waals surface area contributed by atoms with Crippen molar-refractivity contribution in [3.63, 3.8) is 0 Å². The van der Waals surface area contributed by atoms with E-state index in [9.17, 15) is 8.42 Å². The molecule has 0 amide bonds. The van der Waals surface area contributed by atoms with Gasteiger partial charge in [0.25, 0.3) is 0 Å². The summed E-state index contributed by atoms with van der Waals surface area (Å²) in [6.45, 7) is 6.52. The molecule has 0 aromatic heterocycles. The summed E-state index contributed by atoms with van der Waals surface area (Å²) in [6, 6.07) is 4.21. The van der Waals surface area contributed by atoms with Crippen LogP contribution in [-0.4, -0.2) is 34.2 Å². The van der Waals surface area contributed by atoms with Gasteiger partial charge in [0, 0.05) is 18.7 Å². The molecule has 6 nitrogen and oxygen atoms in total. The molecule has 1 aromatic carbocycles. The van der Waals surface area contributed by atoms with Gasteiger partial charge in [-0.25, -0.2) is 13.1 Å². The molecule has 0 heterocycles. The SMILES string of the molecule is CCOc1ccc(S(=O)(=O)N[C@H](C)CN)cc1OCC.Cl. The van der Waals surface area contributed by atoms with Gasteiger partial charge in [0.15, 0.2) is 11.5 Å². The molecule has 122 valence electrons. The van der Waals surface area contributed by atoms with Crippen molar-refractivity contribution >= 4 is 22.4 Å². The molecule has 0 saturated heterocycles. The minimum atomic E-state index is -3.61. The third-order valence-corrected chi connectivity index (χ3v) is 4.12. The van der Waals surface area contributed by atoms with Gasteiger partial charge < -0.3 is 15.2 Å². The monoisotopic (exact) mass is 338 g/mol. The van der Waals surface area contributed by atoms with Crippen molar-refractivity contribution in [2.45, 2.75) is 31.7 Å². The lowest BCUT2D eigenvalue weighted by atomic mass is 10.3. The Morgan fingerprint density at radius 2 is 1.76 bits per heavy atom. The number of halogens is 1. The summed E-state index contributed by atoms with van der Waals surface area (Å²) in [5.74, 6) is 0.942. The van der Waals surface area contributed by atoms with E-state index in [2.05, 4.69) is 4.72 Å². The Balaban J connectivity index is 0.00000400. The third-order valence-electron chi connectivity index (χ3n) is 2.54. The first-order valence-electron chi connectivity index (χ1n) is 6.56. The fraction of sp³-hybridized carbons (Fsp3) is 0.538. The number of benzene rings is 1. The first-order chi connectivity index (χ1) is 9.44. The third kappa shape index (κ3) is 5.70. The van der Waals surface area contributed by atoms with Crippen molar-refractivity contribution in [1.82, 2.24) is 4.72 Å². The zero-order valence-electron chi connectivity index (χ0n) is 12.5. The number of nitrogens with two attached hydrogens (primary N) is 1. The van der Waals surface area contributed by atoms with Crippen LogP contribution in [0.15, 0.2) is 23.1 Å². The number of hydrogen-bond acceptors (Lipinski definition) is 5. The van der Waals surface area contributed by atoms with Gasteiger partial charge in [-0.05, 0) is 32.9 Å². The Morgan fingerprint density at radius 1 is 1.19 bits per heavy atom. The summed E-state index contributed by atoms with van der Waals surface area (Å²) in [6.07, 6.45) is 0. The van der Waals surface area contributed by atoms with Crippen LogP contribution >= 0.6 is 12.4 Å². The van der Waals surface area contributed by atoms with Crippen molar-refractivity contribution in [2.75, 3.05) is 19.8 Å². The molecule has 0 fully saturated rings. The lowest BCUT2D eigenvalue weighted by molar-refractivity contribution is 0.287. The highest BCUT2D eigenvalue weighted by Crippen LogP contribution is 2.30. The minimum Gasteiger partial charge on any atom is -0.490 e. The summed E-state index contributed by atoms with van der Waals surface area (Å²) < 4.78 is 37.6. The second-order valence-corrected chi connectivity index (χ2v) is 5.95. The number of rotatable bonds is 8. The fourth-order valence-corrected chi connectivity index (χ4v) is 2.85. The summed E-state index contributed by atoms with van der Waals surface area (Å²) in [5.41, 5.74) is 5.43. The van der Waals surface area contributed by atoms with Crippen LogP contribution in [0.3, 0.4) is 0 Å². The lowest BCUT2D eigenvalue weighted by Gasteiger charge is -2.15. The molecule has 21 heavy (non-hydrogen) atoms. The molecule has 1 aromatic rings. The van der Waals surface area contributed by atoms with Crippen LogP contribution < -0.4 is 19.9 Å². The Hall–Kier alpha value is -1.02. The van der Waals surface area contributed by atoms with E-state index < -0.39 is 10.0 Å². The fourth-order valence-electron chi connectivity index (χ4n) is 1.58. The molecule has 0 bridgehead atoms. The Kier molecular flexibility index (Phi) is 8.65. The topological polar surface area (TPSA) is 90.7 Å². The highest BCUT2D eigenvalue weighted by atomic mass is 35.5. The van der Waals surface area contributed by atoms with Crippen molar-refractivity contribution in [3.05, 3.63) is 18.2 Å². The average Bonchev–Trinajstić information content (AvgIpc) is 2.40. The molecule has 1 rings (SSSR count). The number of sulfonamides is 1. The molecular weight excluding hydrogens is 316 g/mol. The minimum absolute atomic E-state index is 0. The van der Waals surface area contributed by atoms with Gasteiger partial charge in [-0.3, -0.25) is 0 Å². The quantitative estimate of drug-likeness (QED) is 0.750. The predicted octanol–water partition coefficient (Wildman–Crippen LogP) is 1.53. The van der Waals surface area contributed by atoms with Crippen molar-refractivity contribution in [2.24, 2.45) is 5.73 Å². The van der Waals surface area contributed by atoms with Crippen LogP contribution in [0.4, 0.5) is 0 Å². The summed E-state index contributed by atoms with van der Waals surface area (Å²) >= 11 is 0. The van der Waals surface area contributed by atoms with Gasteiger partial charge >= 0.3 is 0 Å². The zero-order chi connectivity index (χ0) is 15.2. The molecule has 0 aliphatic carbocycles. The molecule has 0 saturated carbocycles. The molecule has 8 heteroatoms. The molecule has 1 atom stereocenters. The van der Waals surface area contributed by atoms with Crippen molar-refractivity contribution < 1.29 is 17.9 Å². The van der Waals surface area contributed by atoms with Crippen LogP contribution in [0.2, 0.25) is 0 Å². The largest absolute Gasteiger partial charge is 0.490 e. The molecule has 0 aliphatic heterocycles. The molecule has 0 spiro atoms. The normalized spacial score (nSPS) is 12.4. The molecular formula is C13H23ClN2O4S. The van der Waals surface area contributed by atoms with E-state index in [1.165, 1.54) is 12.1 Å². The van der Waals surface area contributed by atoms with Gasteiger partial charge in [0.2, 0.25) is 10.0 Å². The second kappa shape index (κ2) is 9.09. The van der Waals surface area contributed by atoms with Crippen LogP contribution in [0.25, 0.3) is 0 Å². The maximum atomic E-state index is 12.2. The molecule has 0 unspecified atom stereocenters. The predicted molar refractivity (Wildman–Crippen MR) is 84.9 cm³/mol. The van der Waals surface area contributed by atoms with E-state index in [-0.39, 0.29) is 29.9 Å². The van der Waals surface area contributed by atoms with Gasteiger partial charge in [-0.1, -0.05) is 0 Å². The van der Waals surface area contributed by atoms with E-state index in [0.717, 1.165) is 0 Å². The first kappa shape index (κ1) is 20.0. The van der Waals surface area contributed by atoms with Crippen LogP contribution in [0.1, 0.15) is 20.8 Å². The van der Waals surface area contributed by atoms with E-state index in [1.54, 1.807) is 13.0 Å². The van der Waals surface area contributed by atoms with Gasteiger partial charge in [0.1, 0.15) is 0 Å². The standard InChI is InChI=1S/C13H22N2O4S.ClH/c1-4-18-12-7-6-11(8-13(12)19-5-2)20(16,17)15-10(3)9-14;/h6-8,10,15H,4-5,9,14H2,1-3H3;1H/t10-;/m1./s1. The maximum Gasteiger partial charge on any atom is 0.240 e. The van der Waals surface area contributed by atoms with Crippen LogP contribution in [-0.2, 0) is 10.0 Å². The Labute approximate surface area is 132 Å². The summed E-state index contributed by atoms with van der Waals surface area (Å²) in [5, 5.41) is 0. The Bertz CT molecular complexity index is 537. The van der Waals surface area contributed by atoms with E-state index in [4.69, 9.17) is 15.2 Å². The maximum absolute atomic E-state index is 12.2. The smallest absolute Gasteiger partial charge is 0.240 e. The second-order valence-electron chi connectivity index (χ2n) is 4.23. The average molecular weight is 339 g/mol. The summed E-state index contributed by atoms with van der Waals surface area (Å²) in [7, 11) is -3.61. The number of hydrogen-bond donors (Lipinski definition) is 2. The zero-order valence-corrected chi connectivity index (χ0v) is 14.1. The van der Waals surface area contributed by atoms with Crippen molar-refractivity contribution in [1.29, 1.82) is 0 Å². The van der Waals surface area contributed by atoms with E-state index in [1.807, 2.05) is 13.8 Å². The first-order valence-corrected chi connectivity index (χ1v) is 8.05. The number of nitrogens with one attached hydrogen (secondary N) is 1. The van der Waals surface area contributed by atoms with Gasteiger partial charge in [-0.2, -0.15) is 0 Å². The van der Waals surface area contributed by atoms with Crippen molar-refractivity contribution in [3.8, 4) is 11.5 Å². The summed E-state index contributed by atoms with van der Waals surface area (Å²) in [4.78, 5) is 0.129. The molecule has 0 aliphatic rings. The molecule has 0 radical (unpaired) electrons.